The van der Waals surface area contributed by atoms with Gasteiger partial charge < -0.3 is 4.90 Å². The summed E-state index contributed by atoms with van der Waals surface area (Å²) in [6.45, 7) is 3.69. The molecular weight excluding hydrogens is 301 g/mol. The fourth-order valence-corrected chi connectivity index (χ4v) is 2.77. The van der Waals surface area contributed by atoms with Crippen LogP contribution < -0.4 is 4.90 Å². The lowest BCUT2D eigenvalue weighted by Crippen LogP contribution is -2.35. The molecule has 1 aromatic heterocycles. The molecule has 6 nitrogen and oxygen atoms in total. The first-order valence-electron chi connectivity index (χ1n) is 7.02. The maximum Gasteiger partial charge on any atom is 0.271 e. The Morgan fingerprint density at radius 2 is 2.04 bits per heavy atom. The molecule has 2 aromatic rings. The molecule has 1 amide bonds. The van der Waals surface area contributed by atoms with Crippen molar-refractivity contribution in [2.24, 2.45) is 0 Å². The number of nitrogens with zero attached hydrogens (tertiary/aromatic N) is 3. The maximum atomic E-state index is 13.0. The number of nitro groups is 1. The summed E-state index contributed by atoms with van der Waals surface area (Å²) >= 11 is 0. The molecule has 118 valence electrons. The maximum absolute atomic E-state index is 13.0. The SMILES string of the molecule is CC1(C)C(=O)N(Cc2ccc(F)cn2)c2cc([N+](=O)[O-])ccc21. The van der Waals surface area contributed by atoms with Crippen LogP contribution in [0, 0.1) is 15.9 Å². The van der Waals surface area contributed by atoms with Gasteiger partial charge in [0.1, 0.15) is 5.82 Å². The number of carbonyl (C=O) groups is 1. The van der Waals surface area contributed by atoms with E-state index >= 15 is 0 Å². The van der Waals surface area contributed by atoms with Gasteiger partial charge in [0.2, 0.25) is 5.91 Å². The Labute approximate surface area is 131 Å². The van der Waals surface area contributed by atoms with Crippen LogP contribution in [0.15, 0.2) is 36.5 Å². The quantitative estimate of drug-likeness (QED) is 0.644. The molecule has 3 rings (SSSR count). The van der Waals surface area contributed by atoms with Crippen molar-refractivity contribution in [3.8, 4) is 0 Å². The topological polar surface area (TPSA) is 76.3 Å². The number of benzene rings is 1. The molecule has 0 fully saturated rings. The number of hydrogen-bond acceptors (Lipinski definition) is 4. The number of non-ortho nitro benzene ring substituents is 1. The van der Waals surface area contributed by atoms with Crippen molar-refractivity contribution in [1.82, 2.24) is 4.98 Å². The fourth-order valence-electron chi connectivity index (χ4n) is 2.77. The Morgan fingerprint density at radius 3 is 2.65 bits per heavy atom. The summed E-state index contributed by atoms with van der Waals surface area (Å²) in [5.74, 6) is -0.628. The third-order valence-corrected chi connectivity index (χ3v) is 4.04. The Balaban J connectivity index is 2.04. The molecule has 0 saturated carbocycles. The highest BCUT2D eigenvalue weighted by molar-refractivity contribution is 6.07. The molecule has 1 aliphatic heterocycles. The Bertz CT molecular complexity index is 803. The van der Waals surface area contributed by atoms with Crippen LogP contribution in [0.25, 0.3) is 0 Å². The summed E-state index contributed by atoms with van der Waals surface area (Å²) in [7, 11) is 0. The number of amides is 1. The second-order valence-corrected chi connectivity index (χ2v) is 5.94. The van der Waals surface area contributed by atoms with E-state index in [9.17, 15) is 19.3 Å². The van der Waals surface area contributed by atoms with E-state index < -0.39 is 16.2 Å². The van der Waals surface area contributed by atoms with Crippen LogP contribution in [0.1, 0.15) is 25.1 Å². The van der Waals surface area contributed by atoms with E-state index in [4.69, 9.17) is 0 Å². The van der Waals surface area contributed by atoms with Crippen LogP contribution in [-0.2, 0) is 16.8 Å². The van der Waals surface area contributed by atoms with Gasteiger partial charge in [-0.2, -0.15) is 0 Å². The van der Waals surface area contributed by atoms with E-state index in [1.807, 2.05) is 0 Å². The van der Waals surface area contributed by atoms with Gasteiger partial charge in [0.05, 0.1) is 34.5 Å². The van der Waals surface area contributed by atoms with E-state index in [-0.39, 0.29) is 18.1 Å². The van der Waals surface area contributed by atoms with E-state index in [0.29, 0.717) is 11.4 Å². The third-order valence-electron chi connectivity index (χ3n) is 4.04. The highest BCUT2D eigenvalue weighted by Gasteiger charge is 2.44. The van der Waals surface area contributed by atoms with Crippen molar-refractivity contribution < 1.29 is 14.1 Å². The largest absolute Gasteiger partial charge is 0.305 e. The van der Waals surface area contributed by atoms with Crippen LogP contribution in [0.4, 0.5) is 15.8 Å². The molecule has 1 aromatic carbocycles. The van der Waals surface area contributed by atoms with E-state index in [2.05, 4.69) is 4.98 Å². The Kier molecular flexibility index (Phi) is 3.35. The predicted molar refractivity (Wildman–Crippen MR) is 81.5 cm³/mol. The highest BCUT2D eigenvalue weighted by atomic mass is 19.1. The van der Waals surface area contributed by atoms with E-state index in [1.54, 1.807) is 19.9 Å². The molecule has 0 spiro atoms. The molecular formula is C16H14FN3O3. The number of nitro benzene ring substituents is 1. The lowest BCUT2D eigenvalue weighted by atomic mass is 9.86. The van der Waals surface area contributed by atoms with Crippen LogP contribution in [0.2, 0.25) is 0 Å². The average molecular weight is 315 g/mol. The summed E-state index contributed by atoms with van der Waals surface area (Å²) in [6, 6.07) is 7.16. The molecule has 0 N–H and O–H groups in total. The van der Waals surface area contributed by atoms with Crippen LogP contribution >= 0.6 is 0 Å². The number of pyridine rings is 1. The average Bonchev–Trinajstić information content (AvgIpc) is 2.70. The molecule has 0 aliphatic carbocycles. The van der Waals surface area contributed by atoms with E-state index in [0.717, 1.165) is 11.8 Å². The zero-order chi connectivity index (χ0) is 16.8. The summed E-state index contributed by atoms with van der Waals surface area (Å²) < 4.78 is 13.0. The molecule has 0 saturated heterocycles. The number of halogens is 1. The minimum atomic E-state index is -0.773. The molecule has 23 heavy (non-hydrogen) atoms. The lowest BCUT2D eigenvalue weighted by Gasteiger charge is -2.20. The summed E-state index contributed by atoms with van der Waals surface area (Å²) in [6.07, 6.45) is 1.08. The smallest absolute Gasteiger partial charge is 0.271 e. The third kappa shape index (κ3) is 2.44. The predicted octanol–water partition coefficient (Wildman–Crippen LogP) is 2.95. The minimum absolute atomic E-state index is 0.0775. The molecule has 0 unspecified atom stereocenters. The summed E-state index contributed by atoms with van der Waals surface area (Å²) in [4.78, 5) is 28.6. The first-order valence-corrected chi connectivity index (χ1v) is 7.02. The molecule has 0 radical (unpaired) electrons. The van der Waals surface area contributed by atoms with Crippen LogP contribution in [0.3, 0.4) is 0 Å². The van der Waals surface area contributed by atoms with Gasteiger partial charge in [-0.15, -0.1) is 0 Å². The van der Waals surface area contributed by atoms with Crippen LogP contribution in [0.5, 0.6) is 0 Å². The zero-order valence-electron chi connectivity index (χ0n) is 12.6. The van der Waals surface area contributed by atoms with Gasteiger partial charge in [0.25, 0.3) is 5.69 Å². The van der Waals surface area contributed by atoms with E-state index in [1.165, 1.54) is 29.2 Å². The molecule has 7 heteroatoms. The molecule has 0 bridgehead atoms. The van der Waals surface area contributed by atoms with Gasteiger partial charge >= 0.3 is 0 Å². The first kappa shape index (κ1) is 15.1. The van der Waals surface area contributed by atoms with Crippen LogP contribution in [-0.4, -0.2) is 15.8 Å². The fraction of sp³-hybridized carbons (Fsp3) is 0.250. The summed E-state index contributed by atoms with van der Waals surface area (Å²) in [5, 5.41) is 11.0. The van der Waals surface area contributed by atoms with Crippen molar-refractivity contribution in [2.75, 3.05) is 4.90 Å². The van der Waals surface area contributed by atoms with Gasteiger partial charge in [0, 0.05) is 12.1 Å². The van der Waals surface area contributed by atoms with Crippen molar-refractivity contribution >= 4 is 17.3 Å². The number of anilines is 1. The number of fused-ring (bicyclic) bond motifs is 1. The zero-order valence-corrected chi connectivity index (χ0v) is 12.6. The van der Waals surface area contributed by atoms with Gasteiger partial charge in [-0.25, -0.2) is 4.39 Å². The van der Waals surface area contributed by atoms with Gasteiger partial charge in [-0.1, -0.05) is 0 Å². The second-order valence-electron chi connectivity index (χ2n) is 5.94. The molecule has 2 heterocycles. The number of rotatable bonds is 3. The van der Waals surface area contributed by atoms with Gasteiger partial charge in [-0.3, -0.25) is 19.9 Å². The van der Waals surface area contributed by atoms with Crippen molar-refractivity contribution in [1.29, 1.82) is 0 Å². The normalized spacial score (nSPS) is 15.6. The van der Waals surface area contributed by atoms with Crippen molar-refractivity contribution in [3.63, 3.8) is 0 Å². The highest BCUT2D eigenvalue weighted by Crippen LogP contribution is 2.43. The number of hydrogen-bond donors (Lipinski definition) is 0. The monoisotopic (exact) mass is 315 g/mol. The molecule has 0 atom stereocenters. The van der Waals surface area contributed by atoms with Crippen molar-refractivity contribution in [3.05, 3.63) is 63.7 Å². The van der Waals surface area contributed by atoms with Gasteiger partial charge in [-0.05, 0) is 37.6 Å². The Morgan fingerprint density at radius 1 is 1.30 bits per heavy atom. The lowest BCUT2D eigenvalue weighted by molar-refractivity contribution is -0.384. The van der Waals surface area contributed by atoms with Gasteiger partial charge in [0.15, 0.2) is 0 Å². The number of carbonyl (C=O) groups excluding carboxylic acids is 1. The molecule has 1 aliphatic rings. The second kappa shape index (κ2) is 5.12. The Hall–Kier alpha value is -2.83. The standard InChI is InChI=1S/C16H14FN3O3/c1-16(2)13-6-5-12(20(22)23)7-14(13)19(15(16)21)9-11-4-3-10(17)8-18-11/h3-8H,9H2,1-2H3. The number of aromatic nitrogens is 1. The first-order chi connectivity index (χ1) is 10.8. The minimum Gasteiger partial charge on any atom is -0.305 e. The van der Waals surface area contributed by atoms with Crippen molar-refractivity contribution in [2.45, 2.75) is 25.8 Å². The summed E-state index contributed by atoms with van der Waals surface area (Å²) in [5.41, 5.74) is 0.890.